The number of benzene rings is 1. The molecule has 3 nitrogen and oxygen atoms in total. The van der Waals surface area contributed by atoms with Crippen molar-refractivity contribution < 1.29 is 14.7 Å². The van der Waals surface area contributed by atoms with Crippen LogP contribution in [0.25, 0.3) is 0 Å². The predicted octanol–water partition coefficient (Wildman–Crippen LogP) is 2.47. The van der Waals surface area contributed by atoms with E-state index in [1.807, 2.05) is 25.1 Å². The molecule has 0 saturated carbocycles. The number of carboxylic acid groups (broad SMARTS) is 1. The van der Waals surface area contributed by atoms with Crippen molar-refractivity contribution in [2.24, 2.45) is 5.92 Å². The van der Waals surface area contributed by atoms with Gasteiger partial charge in [-0.25, -0.2) is 0 Å². The smallest absolute Gasteiger partial charge is 0.307 e. The molecule has 1 N–H and O–H groups in total. The van der Waals surface area contributed by atoms with Crippen LogP contribution in [0.3, 0.4) is 0 Å². The molecule has 1 aromatic carbocycles. The van der Waals surface area contributed by atoms with Crippen molar-refractivity contribution >= 4 is 11.8 Å². The minimum atomic E-state index is -0.748. The van der Waals surface area contributed by atoms with Crippen LogP contribution in [0.4, 0.5) is 0 Å². The summed E-state index contributed by atoms with van der Waals surface area (Å²) in [6.45, 7) is 1.98. The average molecular weight is 232 g/mol. The van der Waals surface area contributed by atoms with Gasteiger partial charge in [-0.3, -0.25) is 9.59 Å². The Labute approximate surface area is 100 Å². The summed E-state index contributed by atoms with van der Waals surface area (Å²) in [5.74, 6) is -0.918. The van der Waals surface area contributed by atoms with Gasteiger partial charge in [-0.1, -0.05) is 19.1 Å². The molecule has 0 spiro atoms. The predicted molar refractivity (Wildman–Crippen MR) is 64.2 cm³/mol. The highest BCUT2D eigenvalue weighted by Gasteiger charge is 2.27. The largest absolute Gasteiger partial charge is 0.481 e. The molecule has 1 atom stereocenters. The van der Waals surface area contributed by atoms with E-state index in [0.29, 0.717) is 19.3 Å². The number of carbonyl (C=O) groups excluding carboxylic acids is 1. The third-order valence-corrected chi connectivity index (χ3v) is 3.29. The molecule has 0 bridgehead atoms. The zero-order chi connectivity index (χ0) is 12.4. The Kier molecular flexibility index (Phi) is 3.27. The first-order valence-corrected chi connectivity index (χ1v) is 5.99. The topological polar surface area (TPSA) is 54.4 Å². The van der Waals surface area contributed by atoms with Crippen LogP contribution in [-0.4, -0.2) is 16.9 Å². The lowest BCUT2D eigenvalue weighted by Gasteiger charge is -2.03. The Morgan fingerprint density at radius 1 is 1.29 bits per heavy atom. The lowest BCUT2D eigenvalue weighted by Crippen LogP contribution is -2.12. The van der Waals surface area contributed by atoms with E-state index in [-0.39, 0.29) is 11.7 Å². The van der Waals surface area contributed by atoms with E-state index < -0.39 is 5.97 Å². The molecule has 2 rings (SSSR count). The first-order chi connectivity index (χ1) is 8.11. The van der Waals surface area contributed by atoms with E-state index in [1.54, 1.807) is 0 Å². The van der Waals surface area contributed by atoms with E-state index in [9.17, 15) is 9.59 Å². The van der Waals surface area contributed by atoms with Gasteiger partial charge in [-0.15, -0.1) is 0 Å². The molecule has 0 aliphatic heterocycles. The number of aliphatic carboxylic acids is 1. The van der Waals surface area contributed by atoms with Gasteiger partial charge in [0.15, 0.2) is 5.78 Å². The number of hydrogen-bond acceptors (Lipinski definition) is 2. The fraction of sp³-hybridized carbons (Fsp3) is 0.429. The fourth-order valence-electron chi connectivity index (χ4n) is 2.34. The molecule has 1 unspecified atom stereocenters. The van der Waals surface area contributed by atoms with Gasteiger partial charge in [0.2, 0.25) is 0 Å². The molecular formula is C14H16O3. The molecule has 1 aliphatic rings. The number of Topliss-reactive ketones (excluding diaryl/α,β-unsaturated/α-hetero) is 1. The van der Waals surface area contributed by atoms with Crippen molar-refractivity contribution in [3.05, 3.63) is 34.9 Å². The van der Waals surface area contributed by atoms with E-state index in [4.69, 9.17) is 5.11 Å². The summed E-state index contributed by atoms with van der Waals surface area (Å²) < 4.78 is 0. The van der Waals surface area contributed by atoms with Gasteiger partial charge >= 0.3 is 5.97 Å². The fourth-order valence-corrected chi connectivity index (χ4v) is 2.34. The molecule has 0 saturated heterocycles. The van der Waals surface area contributed by atoms with Crippen LogP contribution >= 0.6 is 0 Å². The van der Waals surface area contributed by atoms with E-state index >= 15 is 0 Å². The monoisotopic (exact) mass is 232 g/mol. The standard InChI is InChI=1S/C14H16O3/c1-2-3-13(15)10-5-4-9-6-12(14(16)17)8-11(9)7-10/h4-5,7,12H,2-3,6,8H2,1H3,(H,16,17). The summed E-state index contributed by atoms with van der Waals surface area (Å²) in [5, 5.41) is 8.98. The van der Waals surface area contributed by atoms with Gasteiger partial charge in [-0.05, 0) is 36.5 Å². The third kappa shape index (κ3) is 2.38. The van der Waals surface area contributed by atoms with E-state index in [2.05, 4.69) is 0 Å². The molecule has 3 heteroatoms. The number of rotatable bonds is 4. The zero-order valence-corrected chi connectivity index (χ0v) is 9.90. The number of hydrogen-bond donors (Lipinski definition) is 1. The summed E-state index contributed by atoms with van der Waals surface area (Å²) in [4.78, 5) is 22.7. The molecule has 1 aromatic rings. The van der Waals surface area contributed by atoms with Crippen molar-refractivity contribution in [1.29, 1.82) is 0 Å². The maximum Gasteiger partial charge on any atom is 0.307 e. The maximum atomic E-state index is 11.7. The first-order valence-electron chi connectivity index (χ1n) is 5.99. The second kappa shape index (κ2) is 4.70. The normalized spacial score (nSPS) is 17.8. The molecule has 0 amide bonds. The maximum absolute atomic E-state index is 11.7. The SMILES string of the molecule is CCCC(=O)c1ccc2c(c1)CC(C(=O)O)C2. The number of ketones is 1. The molecule has 1 aliphatic carbocycles. The van der Waals surface area contributed by atoms with Crippen molar-refractivity contribution in [3.8, 4) is 0 Å². The first kappa shape index (κ1) is 11.8. The summed E-state index contributed by atoms with van der Waals surface area (Å²) in [7, 11) is 0. The van der Waals surface area contributed by atoms with Crippen molar-refractivity contribution in [1.82, 2.24) is 0 Å². The van der Waals surface area contributed by atoms with Crippen LogP contribution in [0.2, 0.25) is 0 Å². The summed E-state index contributed by atoms with van der Waals surface area (Å²) >= 11 is 0. The van der Waals surface area contributed by atoms with Crippen LogP contribution in [-0.2, 0) is 17.6 Å². The van der Waals surface area contributed by atoms with Gasteiger partial charge in [0, 0.05) is 12.0 Å². The van der Waals surface area contributed by atoms with E-state index in [0.717, 1.165) is 23.1 Å². The van der Waals surface area contributed by atoms with Gasteiger partial charge in [0.25, 0.3) is 0 Å². The lowest BCUT2D eigenvalue weighted by molar-refractivity contribution is -0.141. The number of carbonyl (C=O) groups is 2. The Balaban J connectivity index is 2.21. The Bertz CT molecular complexity index is 463. The zero-order valence-electron chi connectivity index (χ0n) is 9.90. The summed E-state index contributed by atoms with van der Waals surface area (Å²) in [6.07, 6.45) is 2.54. The molecule has 0 aromatic heterocycles. The summed E-state index contributed by atoms with van der Waals surface area (Å²) in [6, 6.07) is 5.60. The second-order valence-electron chi connectivity index (χ2n) is 4.60. The second-order valence-corrected chi connectivity index (χ2v) is 4.60. The van der Waals surface area contributed by atoms with E-state index in [1.165, 1.54) is 0 Å². The highest BCUT2D eigenvalue weighted by molar-refractivity contribution is 5.96. The average Bonchev–Trinajstić information content (AvgIpc) is 2.71. The number of carboxylic acids is 1. The molecular weight excluding hydrogens is 216 g/mol. The number of fused-ring (bicyclic) bond motifs is 1. The minimum absolute atomic E-state index is 0.147. The quantitative estimate of drug-likeness (QED) is 0.811. The third-order valence-electron chi connectivity index (χ3n) is 3.29. The highest BCUT2D eigenvalue weighted by atomic mass is 16.4. The highest BCUT2D eigenvalue weighted by Crippen LogP contribution is 2.28. The van der Waals surface area contributed by atoms with Crippen molar-refractivity contribution in [2.45, 2.75) is 32.6 Å². The van der Waals surface area contributed by atoms with Crippen LogP contribution in [0.1, 0.15) is 41.3 Å². The van der Waals surface area contributed by atoms with Gasteiger partial charge in [0.1, 0.15) is 0 Å². The van der Waals surface area contributed by atoms with Gasteiger partial charge < -0.3 is 5.11 Å². The molecule has 0 fully saturated rings. The Hall–Kier alpha value is -1.64. The van der Waals surface area contributed by atoms with Crippen LogP contribution in [0.5, 0.6) is 0 Å². The minimum Gasteiger partial charge on any atom is -0.481 e. The molecule has 17 heavy (non-hydrogen) atoms. The molecule has 90 valence electrons. The van der Waals surface area contributed by atoms with Crippen LogP contribution < -0.4 is 0 Å². The molecule has 0 heterocycles. The Morgan fingerprint density at radius 3 is 2.65 bits per heavy atom. The summed E-state index contributed by atoms with van der Waals surface area (Å²) in [5.41, 5.74) is 2.82. The van der Waals surface area contributed by atoms with Crippen molar-refractivity contribution in [3.63, 3.8) is 0 Å². The van der Waals surface area contributed by atoms with Gasteiger partial charge in [0.05, 0.1) is 5.92 Å². The van der Waals surface area contributed by atoms with Crippen LogP contribution in [0.15, 0.2) is 18.2 Å². The van der Waals surface area contributed by atoms with Crippen LogP contribution in [0, 0.1) is 5.92 Å². The Morgan fingerprint density at radius 2 is 2.00 bits per heavy atom. The lowest BCUT2D eigenvalue weighted by atomic mass is 10.0. The van der Waals surface area contributed by atoms with Crippen molar-refractivity contribution in [2.75, 3.05) is 0 Å². The molecule has 0 radical (unpaired) electrons. The van der Waals surface area contributed by atoms with Gasteiger partial charge in [-0.2, -0.15) is 0 Å².